The zero-order chi connectivity index (χ0) is 30.4. The molecule has 1 aliphatic heterocycles. The van der Waals surface area contributed by atoms with E-state index >= 15 is 0 Å². The van der Waals surface area contributed by atoms with E-state index in [0.717, 1.165) is 23.4 Å². The molecule has 0 unspecified atom stereocenters. The molecule has 1 atom stereocenters. The summed E-state index contributed by atoms with van der Waals surface area (Å²) in [4.78, 5) is 41.1. The van der Waals surface area contributed by atoms with Crippen LogP contribution in [0, 0.1) is 0 Å². The van der Waals surface area contributed by atoms with Gasteiger partial charge in [0, 0.05) is 17.5 Å². The number of rotatable bonds is 14. The summed E-state index contributed by atoms with van der Waals surface area (Å²) in [6.45, 7) is 4.25. The molecule has 2 heterocycles. The highest BCUT2D eigenvalue weighted by molar-refractivity contribution is 7.80. The zero-order valence-electron chi connectivity index (χ0n) is 22.8. The Labute approximate surface area is 240 Å². The van der Waals surface area contributed by atoms with Crippen LogP contribution in [0.4, 0.5) is 5.13 Å². The van der Waals surface area contributed by atoms with Crippen LogP contribution in [0.25, 0.3) is 0 Å². The van der Waals surface area contributed by atoms with Crippen molar-refractivity contribution in [1.82, 2.24) is 20.3 Å². The van der Waals surface area contributed by atoms with Gasteiger partial charge < -0.3 is 31.3 Å². The maximum atomic E-state index is 13.0. The van der Waals surface area contributed by atoms with Crippen molar-refractivity contribution in [3.8, 4) is 5.75 Å². The Kier molecular flexibility index (Phi) is 10.2. The van der Waals surface area contributed by atoms with Crippen LogP contribution in [0.5, 0.6) is 5.75 Å². The van der Waals surface area contributed by atoms with E-state index in [1.807, 2.05) is 19.0 Å². The summed E-state index contributed by atoms with van der Waals surface area (Å²) in [6, 6.07) is 5.83. The van der Waals surface area contributed by atoms with Crippen LogP contribution in [-0.4, -0.2) is 103 Å². The van der Waals surface area contributed by atoms with Gasteiger partial charge in [0.05, 0.1) is 12.1 Å². The fraction of sp³-hybridized carbons (Fsp3) is 0.435. The van der Waals surface area contributed by atoms with Crippen molar-refractivity contribution in [3.05, 3.63) is 40.9 Å². The van der Waals surface area contributed by atoms with Crippen molar-refractivity contribution in [2.45, 2.75) is 25.4 Å². The second-order valence-electron chi connectivity index (χ2n) is 9.48. The van der Waals surface area contributed by atoms with Crippen molar-refractivity contribution in [3.63, 3.8) is 0 Å². The molecule has 6 N–H and O–H groups in total. The number of hydroxylamine groups is 2. The van der Waals surface area contributed by atoms with Gasteiger partial charge in [0.2, 0.25) is 0 Å². The highest BCUT2D eigenvalue weighted by Crippen LogP contribution is 2.33. The van der Waals surface area contributed by atoms with Gasteiger partial charge in [0.1, 0.15) is 29.9 Å². The number of nitrogens with one attached hydrogen (secondary N) is 1. The Hall–Kier alpha value is -3.84. The van der Waals surface area contributed by atoms with Crippen molar-refractivity contribution in [2.75, 3.05) is 46.1 Å². The molecule has 2 amide bonds. The number of nitrogen functional groups attached to an aromatic ring is 1. The number of β-lactam (4-membered cyclic amide) rings is 1. The van der Waals surface area contributed by atoms with Gasteiger partial charge in [-0.1, -0.05) is 5.16 Å². The Bertz CT molecular complexity index is 1410. The van der Waals surface area contributed by atoms with E-state index in [1.54, 1.807) is 24.3 Å². The Balaban J connectivity index is 1.58. The molecule has 0 radical (unpaired) electrons. The van der Waals surface area contributed by atoms with Crippen molar-refractivity contribution in [1.29, 1.82) is 0 Å². The molecule has 2 aromatic rings. The second-order valence-corrected chi connectivity index (χ2v) is 11.4. The highest BCUT2D eigenvalue weighted by atomic mass is 32.3. The lowest BCUT2D eigenvalue weighted by Crippen LogP contribution is -2.76. The SMILES string of the molecule is CN(C)CCN=C(N)c1ccc(OCCO/N=C(\C(=O)N[C@@H]2C(=O)N(OS(=O)(=O)O)C2(C)C)c2csc(N)n2)cc1. The van der Waals surface area contributed by atoms with Crippen molar-refractivity contribution >= 4 is 50.2 Å². The van der Waals surface area contributed by atoms with Gasteiger partial charge in [-0.3, -0.25) is 19.1 Å². The minimum Gasteiger partial charge on any atom is -0.490 e. The first-order valence-corrected chi connectivity index (χ1v) is 14.3. The van der Waals surface area contributed by atoms with Crippen LogP contribution < -0.4 is 21.5 Å². The lowest BCUT2D eigenvalue weighted by Gasteiger charge is -2.50. The van der Waals surface area contributed by atoms with Crippen LogP contribution in [0.3, 0.4) is 0 Å². The van der Waals surface area contributed by atoms with Crippen LogP contribution in [0.15, 0.2) is 39.8 Å². The number of carbonyl (C=O) groups is 2. The smallest absolute Gasteiger partial charge is 0.418 e. The lowest BCUT2D eigenvalue weighted by atomic mass is 9.84. The third kappa shape index (κ3) is 8.57. The number of nitrogens with two attached hydrogens (primary N) is 2. The minimum atomic E-state index is -4.94. The molecule has 41 heavy (non-hydrogen) atoms. The summed E-state index contributed by atoms with van der Waals surface area (Å²) >= 11 is 1.06. The molecule has 1 aromatic heterocycles. The summed E-state index contributed by atoms with van der Waals surface area (Å²) < 4.78 is 40.9. The van der Waals surface area contributed by atoms with Crippen molar-refractivity contribution in [2.24, 2.45) is 15.9 Å². The standard InChI is InChI=1S/C23H32N8O8S2/c1-23(2)18(21(33)31(23)39-41(34,35)36)28-20(32)17(16-13-40-22(25)27-16)29-38-12-11-37-15-7-5-14(6-8-15)19(24)26-9-10-30(3)4/h5-8,13,18H,9-12H2,1-4H3,(H2,24,26)(H2,25,27)(H,28,32)(H,34,35,36)/b29-17-/t18-/m1/s1. The quantitative estimate of drug-likeness (QED) is 0.0536. The fourth-order valence-corrected chi connectivity index (χ4v) is 4.51. The molecule has 1 aromatic carbocycles. The van der Waals surface area contributed by atoms with E-state index in [0.29, 0.717) is 23.2 Å². The summed E-state index contributed by atoms with van der Waals surface area (Å²) in [5, 5.41) is 8.41. The highest BCUT2D eigenvalue weighted by Gasteiger charge is 2.58. The number of carbonyl (C=O) groups excluding carboxylic acids is 2. The molecule has 1 aliphatic rings. The fourth-order valence-electron chi connectivity index (χ4n) is 3.51. The average molecular weight is 613 g/mol. The molecule has 0 spiro atoms. The molecule has 18 heteroatoms. The van der Waals surface area contributed by atoms with Gasteiger partial charge in [-0.2, -0.15) is 13.5 Å². The monoisotopic (exact) mass is 612 g/mol. The molecule has 3 rings (SSSR count). The van der Waals surface area contributed by atoms with Crippen LogP contribution in [-0.2, 0) is 29.1 Å². The van der Waals surface area contributed by atoms with Gasteiger partial charge >= 0.3 is 10.4 Å². The van der Waals surface area contributed by atoms with E-state index in [9.17, 15) is 18.0 Å². The number of likely N-dealkylation sites (N-methyl/N-ethyl adjacent to an activating group) is 1. The van der Waals surface area contributed by atoms with E-state index in [-0.39, 0.29) is 29.8 Å². The van der Waals surface area contributed by atoms with Gasteiger partial charge in [-0.25, -0.2) is 4.98 Å². The van der Waals surface area contributed by atoms with E-state index < -0.39 is 33.8 Å². The third-order valence-corrected chi connectivity index (χ3v) is 6.69. The maximum absolute atomic E-state index is 13.0. The summed E-state index contributed by atoms with van der Waals surface area (Å²) in [5.41, 5.74) is 11.0. The summed E-state index contributed by atoms with van der Waals surface area (Å²) in [7, 11) is -1.03. The third-order valence-electron chi connectivity index (χ3n) is 5.68. The Morgan fingerprint density at radius 2 is 1.95 bits per heavy atom. The number of ether oxygens (including phenoxy) is 1. The van der Waals surface area contributed by atoms with Gasteiger partial charge in [0.15, 0.2) is 17.5 Å². The first-order chi connectivity index (χ1) is 19.2. The number of aliphatic imine (C=N–C) groups is 1. The Morgan fingerprint density at radius 3 is 2.51 bits per heavy atom. The van der Waals surface area contributed by atoms with Crippen LogP contribution in [0.2, 0.25) is 0 Å². The van der Waals surface area contributed by atoms with E-state index in [2.05, 4.69) is 24.7 Å². The number of benzene rings is 1. The number of amidine groups is 1. The lowest BCUT2D eigenvalue weighted by molar-refractivity contribution is -0.218. The van der Waals surface area contributed by atoms with Gasteiger partial charge in [-0.15, -0.1) is 15.6 Å². The number of amides is 2. The number of anilines is 1. The predicted molar refractivity (Wildman–Crippen MR) is 151 cm³/mol. The second kappa shape index (κ2) is 13.2. The summed E-state index contributed by atoms with van der Waals surface area (Å²) in [6.07, 6.45) is 0. The largest absolute Gasteiger partial charge is 0.490 e. The maximum Gasteiger partial charge on any atom is 0.418 e. The van der Waals surface area contributed by atoms with E-state index in [4.69, 9.17) is 25.6 Å². The molecule has 1 saturated heterocycles. The van der Waals surface area contributed by atoms with Crippen LogP contribution in [0.1, 0.15) is 25.1 Å². The molecular weight excluding hydrogens is 580 g/mol. The number of aromatic nitrogens is 1. The number of nitrogens with zero attached hydrogens (tertiary/aromatic N) is 5. The van der Waals surface area contributed by atoms with Crippen molar-refractivity contribution < 1.29 is 36.4 Å². The Morgan fingerprint density at radius 1 is 1.27 bits per heavy atom. The van der Waals surface area contributed by atoms with E-state index in [1.165, 1.54) is 19.2 Å². The molecule has 0 bridgehead atoms. The average Bonchev–Trinajstić information content (AvgIpc) is 3.32. The zero-order valence-corrected chi connectivity index (χ0v) is 24.4. The van der Waals surface area contributed by atoms with Crippen LogP contribution >= 0.6 is 11.3 Å². The number of hydrogen-bond acceptors (Lipinski definition) is 13. The molecular formula is C23H32N8O8S2. The first-order valence-electron chi connectivity index (χ1n) is 12.1. The molecule has 0 saturated carbocycles. The minimum absolute atomic E-state index is 0.0455. The molecule has 16 nitrogen and oxygen atoms in total. The molecule has 0 aliphatic carbocycles. The first kappa shape index (κ1) is 31.7. The molecule has 224 valence electrons. The molecule has 1 fully saturated rings. The predicted octanol–water partition coefficient (Wildman–Crippen LogP) is -0.368. The number of thiazole rings is 1. The van der Waals surface area contributed by atoms with Gasteiger partial charge in [0.25, 0.3) is 11.8 Å². The normalized spacial score (nSPS) is 17.4. The number of oxime groups is 1. The number of hydrogen-bond donors (Lipinski definition) is 4. The topological polar surface area (TPSA) is 224 Å². The summed E-state index contributed by atoms with van der Waals surface area (Å²) in [5.74, 6) is -0.764. The van der Waals surface area contributed by atoms with Gasteiger partial charge in [-0.05, 0) is 52.2 Å².